The maximum atomic E-state index is 13.2. The van der Waals surface area contributed by atoms with Gasteiger partial charge in [0.2, 0.25) is 5.91 Å². The lowest BCUT2D eigenvalue weighted by atomic mass is 10.1. The van der Waals surface area contributed by atoms with E-state index in [1.165, 1.54) is 4.90 Å². The van der Waals surface area contributed by atoms with Crippen LogP contribution in [-0.4, -0.2) is 46.7 Å². The van der Waals surface area contributed by atoms with E-state index in [0.717, 1.165) is 22.4 Å². The minimum absolute atomic E-state index is 0.0384. The van der Waals surface area contributed by atoms with E-state index in [4.69, 9.17) is 9.72 Å². The third-order valence-corrected chi connectivity index (χ3v) is 6.94. The summed E-state index contributed by atoms with van der Waals surface area (Å²) in [6.45, 7) is 2.75. The van der Waals surface area contributed by atoms with Gasteiger partial charge in [0, 0.05) is 18.0 Å². The van der Waals surface area contributed by atoms with Gasteiger partial charge >= 0.3 is 0 Å². The standard InChI is InChI=1S/C26H25N3O2S/c30-24(28-15-17-31-18-16-28)19-29-23-14-8-7-13-22(23)27-26(29)25(20-9-3-1-4-10-20)32-21-11-5-2-6-12-21/h1-14,25H,15-19H2/t25-/m0/s1. The number of imidazole rings is 1. The molecule has 1 amide bonds. The molecule has 0 unspecified atom stereocenters. The van der Waals surface area contributed by atoms with E-state index in [-0.39, 0.29) is 17.7 Å². The average molecular weight is 444 g/mol. The van der Waals surface area contributed by atoms with Crippen molar-refractivity contribution in [1.82, 2.24) is 14.5 Å². The number of thioether (sulfide) groups is 1. The molecule has 2 heterocycles. The lowest BCUT2D eigenvalue weighted by Gasteiger charge is -2.27. The maximum Gasteiger partial charge on any atom is 0.242 e. The van der Waals surface area contributed by atoms with Gasteiger partial charge in [0.15, 0.2) is 0 Å². The molecule has 0 radical (unpaired) electrons. The topological polar surface area (TPSA) is 47.4 Å². The molecule has 0 spiro atoms. The molecule has 0 saturated carbocycles. The normalized spacial score (nSPS) is 15.1. The molecule has 0 N–H and O–H groups in total. The largest absolute Gasteiger partial charge is 0.378 e. The van der Waals surface area contributed by atoms with Crippen LogP contribution in [0.1, 0.15) is 16.6 Å². The highest BCUT2D eigenvalue weighted by atomic mass is 32.2. The molecule has 0 bridgehead atoms. The first-order chi connectivity index (χ1) is 15.8. The average Bonchev–Trinajstić information content (AvgIpc) is 3.22. The minimum Gasteiger partial charge on any atom is -0.378 e. The molecule has 5 nitrogen and oxygen atoms in total. The van der Waals surface area contributed by atoms with E-state index in [1.54, 1.807) is 11.8 Å². The molecule has 1 aromatic heterocycles. The fourth-order valence-electron chi connectivity index (χ4n) is 4.04. The van der Waals surface area contributed by atoms with Crippen molar-refractivity contribution < 1.29 is 9.53 Å². The summed E-state index contributed by atoms with van der Waals surface area (Å²) in [5, 5.41) is -0.0384. The molecule has 1 atom stereocenters. The van der Waals surface area contributed by atoms with Crippen molar-refractivity contribution in [3.05, 3.63) is 96.3 Å². The number of carbonyl (C=O) groups is 1. The van der Waals surface area contributed by atoms with Gasteiger partial charge in [-0.2, -0.15) is 0 Å². The van der Waals surface area contributed by atoms with E-state index in [1.807, 2.05) is 41.3 Å². The van der Waals surface area contributed by atoms with Gasteiger partial charge in [0.05, 0.1) is 29.5 Å². The van der Waals surface area contributed by atoms with Crippen LogP contribution in [0, 0.1) is 0 Å². The Labute approximate surface area is 192 Å². The van der Waals surface area contributed by atoms with Gasteiger partial charge in [0.1, 0.15) is 12.4 Å². The van der Waals surface area contributed by atoms with Gasteiger partial charge in [-0.25, -0.2) is 4.98 Å². The number of rotatable bonds is 6. The molecule has 1 saturated heterocycles. The quantitative estimate of drug-likeness (QED) is 0.403. The van der Waals surface area contributed by atoms with Crippen molar-refractivity contribution in [2.24, 2.45) is 0 Å². The number of hydrogen-bond acceptors (Lipinski definition) is 4. The van der Waals surface area contributed by atoms with E-state index in [9.17, 15) is 4.79 Å². The number of para-hydroxylation sites is 2. The highest BCUT2D eigenvalue weighted by Gasteiger charge is 2.26. The van der Waals surface area contributed by atoms with Crippen LogP contribution in [0.2, 0.25) is 0 Å². The molecule has 5 rings (SSSR count). The Kier molecular flexibility index (Phi) is 6.23. The second-order valence-corrected chi connectivity index (χ2v) is 8.94. The fourth-order valence-corrected chi connectivity index (χ4v) is 5.21. The number of hydrogen-bond donors (Lipinski definition) is 0. The summed E-state index contributed by atoms with van der Waals surface area (Å²) in [5.74, 6) is 1.00. The summed E-state index contributed by atoms with van der Waals surface area (Å²) in [6, 6.07) is 28.8. The van der Waals surface area contributed by atoms with Gasteiger partial charge < -0.3 is 14.2 Å². The summed E-state index contributed by atoms with van der Waals surface area (Å²) < 4.78 is 7.52. The highest BCUT2D eigenvalue weighted by Crippen LogP contribution is 2.41. The Hall–Kier alpha value is -3.09. The van der Waals surface area contributed by atoms with E-state index >= 15 is 0 Å². The van der Waals surface area contributed by atoms with Gasteiger partial charge in [-0.05, 0) is 29.8 Å². The maximum absolute atomic E-state index is 13.2. The van der Waals surface area contributed by atoms with Crippen molar-refractivity contribution in [1.29, 1.82) is 0 Å². The predicted molar refractivity (Wildman–Crippen MR) is 128 cm³/mol. The number of ether oxygens (including phenoxy) is 1. The third kappa shape index (κ3) is 4.42. The smallest absolute Gasteiger partial charge is 0.242 e. The van der Waals surface area contributed by atoms with Gasteiger partial charge in [-0.1, -0.05) is 60.7 Å². The van der Waals surface area contributed by atoms with Gasteiger partial charge in [-0.15, -0.1) is 11.8 Å². The fraction of sp³-hybridized carbons (Fsp3) is 0.231. The summed E-state index contributed by atoms with van der Waals surface area (Å²) in [4.78, 5) is 21.3. The Bertz CT molecular complexity index is 1190. The lowest BCUT2D eigenvalue weighted by Crippen LogP contribution is -2.42. The minimum atomic E-state index is -0.0384. The lowest BCUT2D eigenvalue weighted by molar-refractivity contribution is -0.135. The number of amides is 1. The Morgan fingerprint density at radius 3 is 2.31 bits per heavy atom. The summed E-state index contributed by atoms with van der Waals surface area (Å²) in [5.41, 5.74) is 3.06. The van der Waals surface area contributed by atoms with Crippen molar-refractivity contribution in [2.75, 3.05) is 26.3 Å². The Morgan fingerprint density at radius 1 is 0.906 bits per heavy atom. The van der Waals surface area contributed by atoms with Crippen LogP contribution in [0.4, 0.5) is 0 Å². The molecule has 1 aliphatic rings. The van der Waals surface area contributed by atoms with Crippen molar-refractivity contribution >= 4 is 28.7 Å². The number of nitrogens with zero attached hydrogens (tertiary/aromatic N) is 3. The predicted octanol–water partition coefficient (Wildman–Crippen LogP) is 4.78. The van der Waals surface area contributed by atoms with Crippen LogP contribution in [0.25, 0.3) is 11.0 Å². The number of morpholine rings is 1. The summed E-state index contributed by atoms with van der Waals surface area (Å²) in [7, 11) is 0. The van der Waals surface area contributed by atoms with Crippen molar-refractivity contribution in [3.8, 4) is 0 Å². The Balaban J connectivity index is 1.58. The molecule has 32 heavy (non-hydrogen) atoms. The molecular weight excluding hydrogens is 418 g/mol. The first-order valence-electron chi connectivity index (χ1n) is 10.9. The van der Waals surface area contributed by atoms with Crippen LogP contribution in [0.3, 0.4) is 0 Å². The molecule has 1 fully saturated rings. The molecule has 3 aromatic carbocycles. The molecule has 4 aromatic rings. The number of aromatic nitrogens is 2. The zero-order chi connectivity index (χ0) is 21.8. The van der Waals surface area contributed by atoms with E-state index in [0.29, 0.717) is 26.3 Å². The van der Waals surface area contributed by atoms with Crippen LogP contribution in [0.15, 0.2) is 89.8 Å². The van der Waals surface area contributed by atoms with Gasteiger partial charge in [-0.3, -0.25) is 4.79 Å². The van der Waals surface area contributed by atoms with E-state index in [2.05, 4.69) is 53.1 Å². The third-order valence-electron chi connectivity index (χ3n) is 5.68. The number of benzene rings is 3. The zero-order valence-corrected chi connectivity index (χ0v) is 18.6. The molecule has 0 aliphatic carbocycles. The molecular formula is C26H25N3O2S. The molecule has 162 valence electrons. The second kappa shape index (κ2) is 9.59. The summed E-state index contributed by atoms with van der Waals surface area (Å²) in [6.07, 6.45) is 0. The zero-order valence-electron chi connectivity index (χ0n) is 17.8. The SMILES string of the molecule is O=C(Cn1c([C@@H](Sc2ccccc2)c2ccccc2)nc2ccccc21)N1CCOCC1. The molecule has 6 heteroatoms. The molecule has 1 aliphatic heterocycles. The van der Waals surface area contributed by atoms with Crippen molar-refractivity contribution in [2.45, 2.75) is 16.7 Å². The highest BCUT2D eigenvalue weighted by molar-refractivity contribution is 7.99. The number of carbonyl (C=O) groups excluding carboxylic acids is 1. The van der Waals surface area contributed by atoms with Crippen LogP contribution >= 0.6 is 11.8 Å². The second-order valence-electron chi connectivity index (χ2n) is 7.76. The first kappa shape index (κ1) is 20.8. The first-order valence-corrected chi connectivity index (χ1v) is 11.7. The van der Waals surface area contributed by atoms with Crippen molar-refractivity contribution in [3.63, 3.8) is 0 Å². The van der Waals surface area contributed by atoms with Crippen LogP contribution < -0.4 is 0 Å². The van der Waals surface area contributed by atoms with Crippen LogP contribution in [-0.2, 0) is 16.1 Å². The van der Waals surface area contributed by atoms with E-state index < -0.39 is 0 Å². The Morgan fingerprint density at radius 2 is 1.56 bits per heavy atom. The van der Waals surface area contributed by atoms with Crippen LogP contribution in [0.5, 0.6) is 0 Å². The monoisotopic (exact) mass is 443 g/mol. The summed E-state index contributed by atoms with van der Waals surface area (Å²) >= 11 is 1.76. The van der Waals surface area contributed by atoms with Gasteiger partial charge in [0.25, 0.3) is 0 Å². The number of fused-ring (bicyclic) bond motifs is 1.